The highest BCUT2D eigenvalue weighted by molar-refractivity contribution is 5.43. The highest BCUT2D eigenvalue weighted by Crippen LogP contribution is 2.31. The summed E-state index contributed by atoms with van der Waals surface area (Å²) in [7, 11) is 3.35. The van der Waals surface area contributed by atoms with E-state index in [1.54, 1.807) is 14.2 Å². The molecule has 1 aromatic carbocycles. The Labute approximate surface area is 116 Å². The van der Waals surface area contributed by atoms with E-state index in [-0.39, 0.29) is 0 Å². The van der Waals surface area contributed by atoms with Crippen LogP contribution in [0.3, 0.4) is 0 Å². The van der Waals surface area contributed by atoms with Crippen LogP contribution in [0.1, 0.15) is 44.7 Å². The largest absolute Gasteiger partial charge is 0.493 e. The van der Waals surface area contributed by atoms with Gasteiger partial charge in [-0.15, -0.1) is 0 Å². The van der Waals surface area contributed by atoms with Crippen LogP contribution in [-0.4, -0.2) is 20.3 Å². The molecule has 0 saturated heterocycles. The zero-order valence-corrected chi connectivity index (χ0v) is 12.4. The summed E-state index contributed by atoms with van der Waals surface area (Å²) in [4.78, 5) is 0. The highest BCUT2D eigenvalue weighted by atomic mass is 16.5. The number of ether oxygens (including phenoxy) is 2. The number of hydrogen-bond acceptors (Lipinski definition) is 3. The van der Waals surface area contributed by atoms with Crippen LogP contribution in [0.5, 0.6) is 11.5 Å². The molecule has 3 atom stereocenters. The summed E-state index contributed by atoms with van der Waals surface area (Å²) in [5.74, 6) is 2.36. The second-order valence-electron chi connectivity index (χ2n) is 5.52. The molecule has 0 aromatic heterocycles. The first-order valence-electron chi connectivity index (χ1n) is 7.13. The third kappa shape index (κ3) is 3.21. The average molecular weight is 263 g/mol. The Morgan fingerprint density at radius 1 is 1.16 bits per heavy atom. The molecule has 0 bridgehead atoms. The smallest absolute Gasteiger partial charge is 0.161 e. The van der Waals surface area contributed by atoms with Crippen molar-refractivity contribution in [2.75, 3.05) is 14.2 Å². The fourth-order valence-corrected chi connectivity index (χ4v) is 2.93. The van der Waals surface area contributed by atoms with Crippen molar-refractivity contribution in [1.82, 2.24) is 5.32 Å². The number of nitrogens with one attached hydrogen (secondary N) is 1. The maximum atomic E-state index is 5.37. The molecule has 1 aliphatic rings. The third-order valence-corrected chi connectivity index (χ3v) is 4.23. The molecule has 0 radical (unpaired) electrons. The Kier molecular flexibility index (Phi) is 4.70. The van der Waals surface area contributed by atoms with Crippen LogP contribution in [0.15, 0.2) is 18.2 Å². The summed E-state index contributed by atoms with van der Waals surface area (Å²) in [6, 6.07) is 7.13. The first kappa shape index (κ1) is 14.2. The van der Waals surface area contributed by atoms with Gasteiger partial charge in [0, 0.05) is 12.1 Å². The molecule has 0 amide bonds. The predicted molar refractivity (Wildman–Crippen MR) is 77.9 cm³/mol. The van der Waals surface area contributed by atoms with E-state index in [0.29, 0.717) is 12.1 Å². The lowest BCUT2D eigenvalue weighted by atomic mass is 10.0. The summed E-state index contributed by atoms with van der Waals surface area (Å²) in [5, 5.41) is 3.74. The monoisotopic (exact) mass is 263 g/mol. The van der Waals surface area contributed by atoms with Gasteiger partial charge in [0.15, 0.2) is 11.5 Å². The van der Waals surface area contributed by atoms with Crippen molar-refractivity contribution in [1.29, 1.82) is 0 Å². The summed E-state index contributed by atoms with van der Waals surface area (Å²) < 4.78 is 10.6. The van der Waals surface area contributed by atoms with Gasteiger partial charge in [-0.3, -0.25) is 0 Å². The summed E-state index contributed by atoms with van der Waals surface area (Å²) in [6.07, 6.45) is 3.98. The first-order chi connectivity index (χ1) is 9.15. The molecular weight excluding hydrogens is 238 g/mol. The minimum Gasteiger partial charge on any atom is -0.493 e. The van der Waals surface area contributed by atoms with Crippen molar-refractivity contribution in [3.8, 4) is 11.5 Å². The molecule has 1 N–H and O–H groups in total. The van der Waals surface area contributed by atoms with Gasteiger partial charge >= 0.3 is 0 Å². The Hall–Kier alpha value is -1.22. The average Bonchev–Trinajstić information content (AvgIpc) is 2.83. The van der Waals surface area contributed by atoms with Crippen LogP contribution < -0.4 is 14.8 Å². The molecule has 1 saturated carbocycles. The molecule has 19 heavy (non-hydrogen) atoms. The summed E-state index contributed by atoms with van der Waals surface area (Å²) >= 11 is 0. The van der Waals surface area contributed by atoms with E-state index in [2.05, 4.69) is 31.3 Å². The van der Waals surface area contributed by atoms with E-state index >= 15 is 0 Å². The fourth-order valence-electron chi connectivity index (χ4n) is 2.93. The molecule has 1 aliphatic carbocycles. The minimum absolute atomic E-state index is 0.338. The maximum absolute atomic E-state index is 5.37. The van der Waals surface area contributed by atoms with Crippen LogP contribution in [0, 0.1) is 5.92 Å². The van der Waals surface area contributed by atoms with Gasteiger partial charge in [0.2, 0.25) is 0 Å². The molecule has 0 aliphatic heterocycles. The maximum Gasteiger partial charge on any atom is 0.161 e. The molecule has 1 aromatic rings. The standard InChI is InChI=1S/C16H25NO2/c1-11-6-5-7-14(11)17-12(2)13-8-9-15(18-3)16(10-13)19-4/h8-12,14,17H,5-7H2,1-4H3. The van der Waals surface area contributed by atoms with E-state index in [4.69, 9.17) is 9.47 Å². The lowest BCUT2D eigenvalue weighted by molar-refractivity contribution is 0.352. The molecule has 3 heteroatoms. The second kappa shape index (κ2) is 6.29. The van der Waals surface area contributed by atoms with E-state index in [0.717, 1.165) is 17.4 Å². The molecule has 0 heterocycles. The SMILES string of the molecule is COc1ccc(C(C)NC2CCCC2C)cc1OC. The van der Waals surface area contributed by atoms with Gasteiger partial charge in [-0.05, 0) is 43.4 Å². The number of rotatable bonds is 5. The summed E-state index contributed by atoms with van der Waals surface area (Å²) in [5.41, 5.74) is 1.25. The van der Waals surface area contributed by atoms with Crippen LogP contribution >= 0.6 is 0 Å². The van der Waals surface area contributed by atoms with E-state index in [1.807, 2.05) is 6.07 Å². The van der Waals surface area contributed by atoms with Gasteiger partial charge in [-0.1, -0.05) is 19.4 Å². The Bertz CT molecular complexity index is 419. The molecular formula is C16H25NO2. The van der Waals surface area contributed by atoms with Crippen molar-refractivity contribution < 1.29 is 9.47 Å². The molecule has 3 unspecified atom stereocenters. The molecule has 0 spiro atoms. The van der Waals surface area contributed by atoms with Crippen molar-refractivity contribution in [3.63, 3.8) is 0 Å². The summed E-state index contributed by atoms with van der Waals surface area (Å²) in [6.45, 7) is 4.55. The zero-order chi connectivity index (χ0) is 13.8. The van der Waals surface area contributed by atoms with Gasteiger partial charge < -0.3 is 14.8 Å². The first-order valence-corrected chi connectivity index (χ1v) is 7.13. The third-order valence-electron chi connectivity index (χ3n) is 4.23. The van der Waals surface area contributed by atoms with Crippen LogP contribution in [0.4, 0.5) is 0 Å². The Balaban J connectivity index is 2.08. The zero-order valence-electron chi connectivity index (χ0n) is 12.4. The van der Waals surface area contributed by atoms with Crippen molar-refractivity contribution in [2.24, 2.45) is 5.92 Å². The van der Waals surface area contributed by atoms with Crippen LogP contribution in [0.2, 0.25) is 0 Å². The normalized spacial score (nSPS) is 24.2. The quantitative estimate of drug-likeness (QED) is 0.881. The fraction of sp³-hybridized carbons (Fsp3) is 0.625. The Morgan fingerprint density at radius 3 is 2.47 bits per heavy atom. The van der Waals surface area contributed by atoms with Crippen molar-refractivity contribution in [2.45, 2.75) is 45.2 Å². The molecule has 2 rings (SSSR count). The lowest BCUT2D eigenvalue weighted by Gasteiger charge is -2.23. The Morgan fingerprint density at radius 2 is 1.89 bits per heavy atom. The van der Waals surface area contributed by atoms with Gasteiger partial charge in [-0.2, -0.15) is 0 Å². The van der Waals surface area contributed by atoms with Crippen molar-refractivity contribution in [3.05, 3.63) is 23.8 Å². The molecule has 1 fully saturated rings. The molecule has 3 nitrogen and oxygen atoms in total. The number of benzene rings is 1. The van der Waals surface area contributed by atoms with E-state index in [9.17, 15) is 0 Å². The van der Waals surface area contributed by atoms with Gasteiger partial charge in [0.25, 0.3) is 0 Å². The highest BCUT2D eigenvalue weighted by Gasteiger charge is 2.24. The predicted octanol–water partition coefficient (Wildman–Crippen LogP) is 3.54. The number of methoxy groups -OCH3 is 2. The topological polar surface area (TPSA) is 30.5 Å². The van der Waals surface area contributed by atoms with E-state index < -0.39 is 0 Å². The minimum atomic E-state index is 0.338. The van der Waals surface area contributed by atoms with Gasteiger partial charge in [-0.25, -0.2) is 0 Å². The van der Waals surface area contributed by atoms with Gasteiger partial charge in [0.1, 0.15) is 0 Å². The van der Waals surface area contributed by atoms with Crippen LogP contribution in [-0.2, 0) is 0 Å². The second-order valence-corrected chi connectivity index (χ2v) is 5.52. The van der Waals surface area contributed by atoms with Gasteiger partial charge in [0.05, 0.1) is 14.2 Å². The number of hydrogen-bond donors (Lipinski definition) is 1. The van der Waals surface area contributed by atoms with Crippen LogP contribution in [0.25, 0.3) is 0 Å². The lowest BCUT2D eigenvalue weighted by Crippen LogP contribution is -2.33. The van der Waals surface area contributed by atoms with Crippen molar-refractivity contribution >= 4 is 0 Å². The van der Waals surface area contributed by atoms with E-state index in [1.165, 1.54) is 24.8 Å². The molecule has 106 valence electrons.